The van der Waals surface area contributed by atoms with Crippen LogP contribution < -0.4 is 5.32 Å². The number of amides is 1. The molecule has 0 bridgehead atoms. The van der Waals surface area contributed by atoms with E-state index in [0.29, 0.717) is 5.56 Å². The molecule has 9 heteroatoms. The number of alkyl halides is 1. The largest absolute Gasteiger partial charge is 0.347 e. The minimum atomic E-state index is -3.24. The lowest BCUT2D eigenvalue weighted by Crippen LogP contribution is -2.40. The molecule has 1 N–H and O–H groups in total. The van der Waals surface area contributed by atoms with Crippen molar-refractivity contribution < 1.29 is 18.1 Å². The quantitative estimate of drug-likeness (QED) is 0.505. The summed E-state index contributed by atoms with van der Waals surface area (Å²) in [5, 5.41) is 12.5. The van der Waals surface area contributed by atoms with E-state index in [9.17, 15) is 23.3 Å². The van der Waals surface area contributed by atoms with Gasteiger partial charge in [-0.3, -0.25) is 14.9 Å². The molecular formula is C12H13ClN2O5S. The Bertz CT molecular complexity index is 704. The molecule has 1 fully saturated rings. The highest BCUT2D eigenvalue weighted by atomic mass is 35.5. The first-order chi connectivity index (χ1) is 9.69. The predicted octanol–water partition coefficient (Wildman–Crippen LogP) is 1.04. The number of hydrogen-bond donors (Lipinski definition) is 1. The smallest absolute Gasteiger partial charge is 0.269 e. The van der Waals surface area contributed by atoms with Crippen molar-refractivity contribution in [3.8, 4) is 0 Å². The van der Waals surface area contributed by atoms with E-state index in [4.69, 9.17) is 11.6 Å². The first kappa shape index (κ1) is 15.7. The molecule has 1 saturated heterocycles. The highest BCUT2D eigenvalue weighted by molar-refractivity contribution is 7.91. The van der Waals surface area contributed by atoms with Gasteiger partial charge in [-0.15, -0.1) is 11.6 Å². The Morgan fingerprint density at radius 2 is 2.10 bits per heavy atom. The SMILES string of the molecule is Cc1cc([N+](=O)[O-])ccc1C(=O)NC1CS(=O)(=O)CC1Cl. The van der Waals surface area contributed by atoms with E-state index in [1.54, 1.807) is 6.92 Å². The Balaban J connectivity index is 2.16. The molecule has 0 radical (unpaired) electrons. The second-order valence-electron chi connectivity index (χ2n) is 4.93. The van der Waals surface area contributed by atoms with Gasteiger partial charge in [0.05, 0.1) is 27.8 Å². The van der Waals surface area contributed by atoms with Crippen molar-refractivity contribution in [2.45, 2.75) is 18.3 Å². The summed E-state index contributed by atoms with van der Waals surface area (Å²) in [6, 6.07) is 3.21. The van der Waals surface area contributed by atoms with Crippen molar-refractivity contribution in [3.05, 3.63) is 39.4 Å². The summed E-state index contributed by atoms with van der Waals surface area (Å²) in [6.45, 7) is 1.57. The van der Waals surface area contributed by atoms with E-state index >= 15 is 0 Å². The molecule has 1 heterocycles. The van der Waals surface area contributed by atoms with E-state index in [0.717, 1.165) is 0 Å². The molecule has 2 rings (SSSR count). The fraction of sp³-hybridized carbons (Fsp3) is 0.417. The maximum absolute atomic E-state index is 12.1. The molecule has 7 nitrogen and oxygen atoms in total. The van der Waals surface area contributed by atoms with Gasteiger partial charge in [0.2, 0.25) is 0 Å². The Morgan fingerprint density at radius 3 is 2.57 bits per heavy atom. The number of non-ortho nitro benzene ring substituents is 1. The van der Waals surface area contributed by atoms with Gasteiger partial charge in [-0.05, 0) is 18.6 Å². The van der Waals surface area contributed by atoms with Gasteiger partial charge in [0.1, 0.15) is 0 Å². The monoisotopic (exact) mass is 332 g/mol. The van der Waals surface area contributed by atoms with Gasteiger partial charge in [0.15, 0.2) is 9.84 Å². The third kappa shape index (κ3) is 3.51. The molecule has 1 aliphatic rings. The second-order valence-corrected chi connectivity index (χ2v) is 7.64. The lowest BCUT2D eigenvalue weighted by Gasteiger charge is -2.15. The highest BCUT2D eigenvalue weighted by Crippen LogP contribution is 2.20. The predicted molar refractivity (Wildman–Crippen MR) is 77.4 cm³/mol. The van der Waals surface area contributed by atoms with Crippen LogP contribution in [0.25, 0.3) is 0 Å². The van der Waals surface area contributed by atoms with Gasteiger partial charge < -0.3 is 5.32 Å². The van der Waals surface area contributed by atoms with Crippen molar-refractivity contribution in [1.29, 1.82) is 0 Å². The molecule has 1 aliphatic heterocycles. The summed E-state index contributed by atoms with van der Waals surface area (Å²) in [5.41, 5.74) is 0.588. The van der Waals surface area contributed by atoms with Crippen LogP contribution in [0.4, 0.5) is 5.69 Å². The maximum atomic E-state index is 12.1. The van der Waals surface area contributed by atoms with Crippen LogP contribution in [-0.2, 0) is 9.84 Å². The van der Waals surface area contributed by atoms with Crippen LogP contribution in [0.2, 0.25) is 0 Å². The second kappa shape index (κ2) is 5.61. The number of aryl methyl sites for hydroxylation is 1. The average molecular weight is 333 g/mol. The zero-order valence-electron chi connectivity index (χ0n) is 11.1. The minimum Gasteiger partial charge on any atom is -0.347 e. The van der Waals surface area contributed by atoms with E-state index in [1.165, 1.54) is 18.2 Å². The minimum absolute atomic E-state index is 0.109. The summed E-state index contributed by atoms with van der Waals surface area (Å²) in [7, 11) is -3.24. The zero-order chi connectivity index (χ0) is 15.8. The molecule has 1 aromatic rings. The van der Waals surface area contributed by atoms with Gasteiger partial charge in [0, 0.05) is 17.7 Å². The Hall–Kier alpha value is -1.67. The fourth-order valence-electron chi connectivity index (χ4n) is 2.20. The van der Waals surface area contributed by atoms with Gasteiger partial charge in [-0.2, -0.15) is 0 Å². The summed E-state index contributed by atoms with van der Waals surface area (Å²) < 4.78 is 22.9. The molecule has 114 valence electrons. The Labute approximate surface area is 126 Å². The number of sulfone groups is 1. The number of nitro groups is 1. The number of nitrogens with zero attached hydrogens (tertiary/aromatic N) is 1. The number of hydrogen-bond acceptors (Lipinski definition) is 5. The number of carbonyl (C=O) groups is 1. The van der Waals surface area contributed by atoms with Crippen LogP contribution in [0.15, 0.2) is 18.2 Å². The van der Waals surface area contributed by atoms with Crippen molar-refractivity contribution in [2.24, 2.45) is 0 Å². The molecular weight excluding hydrogens is 320 g/mol. The molecule has 2 unspecified atom stereocenters. The molecule has 2 atom stereocenters. The highest BCUT2D eigenvalue weighted by Gasteiger charge is 2.37. The average Bonchev–Trinajstić information content (AvgIpc) is 2.61. The Morgan fingerprint density at radius 1 is 1.43 bits per heavy atom. The van der Waals surface area contributed by atoms with E-state index in [2.05, 4.69) is 5.32 Å². The summed E-state index contributed by atoms with van der Waals surface area (Å²) in [5.74, 6) is -0.854. The third-order valence-corrected chi connectivity index (χ3v) is 5.64. The standard InChI is InChI=1S/C12H13ClN2O5S/c1-7-4-8(15(17)18)2-3-9(7)12(16)14-11-6-21(19,20)5-10(11)13/h2-4,10-11H,5-6H2,1H3,(H,14,16). The van der Waals surface area contributed by atoms with Crippen LogP contribution in [0.5, 0.6) is 0 Å². The van der Waals surface area contributed by atoms with Crippen molar-refractivity contribution in [2.75, 3.05) is 11.5 Å². The first-order valence-electron chi connectivity index (χ1n) is 6.10. The summed E-state index contributed by atoms with van der Waals surface area (Å²) in [4.78, 5) is 22.2. The summed E-state index contributed by atoms with van der Waals surface area (Å²) in [6.07, 6.45) is 0. The maximum Gasteiger partial charge on any atom is 0.269 e. The fourth-order valence-corrected chi connectivity index (χ4v) is 4.75. The van der Waals surface area contributed by atoms with Crippen LogP contribution >= 0.6 is 11.6 Å². The van der Waals surface area contributed by atoms with Crippen LogP contribution in [-0.4, -0.2) is 42.2 Å². The molecule has 0 aromatic heterocycles. The van der Waals surface area contributed by atoms with Crippen molar-refractivity contribution in [3.63, 3.8) is 0 Å². The lowest BCUT2D eigenvalue weighted by molar-refractivity contribution is -0.384. The topological polar surface area (TPSA) is 106 Å². The number of halogens is 1. The van der Waals surface area contributed by atoms with Gasteiger partial charge in [-0.1, -0.05) is 0 Å². The third-order valence-electron chi connectivity index (χ3n) is 3.27. The zero-order valence-corrected chi connectivity index (χ0v) is 12.6. The normalized spacial score (nSPS) is 23.7. The van der Waals surface area contributed by atoms with Crippen LogP contribution in [0.3, 0.4) is 0 Å². The van der Waals surface area contributed by atoms with Gasteiger partial charge >= 0.3 is 0 Å². The molecule has 1 amide bonds. The van der Waals surface area contributed by atoms with Crippen LogP contribution in [0.1, 0.15) is 15.9 Å². The molecule has 0 spiro atoms. The van der Waals surface area contributed by atoms with Crippen molar-refractivity contribution in [1.82, 2.24) is 5.32 Å². The lowest BCUT2D eigenvalue weighted by atomic mass is 10.1. The van der Waals surface area contributed by atoms with E-state index in [1.807, 2.05) is 0 Å². The number of rotatable bonds is 3. The molecule has 1 aromatic carbocycles. The van der Waals surface area contributed by atoms with E-state index < -0.39 is 32.1 Å². The molecule has 0 aliphatic carbocycles. The van der Waals surface area contributed by atoms with Gasteiger partial charge in [0.25, 0.3) is 11.6 Å². The summed E-state index contributed by atoms with van der Waals surface area (Å²) >= 11 is 5.92. The number of nitrogens with one attached hydrogen (secondary N) is 1. The molecule has 21 heavy (non-hydrogen) atoms. The number of benzene rings is 1. The Kier molecular flexibility index (Phi) is 4.20. The van der Waals surface area contributed by atoms with Gasteiger partial charge in [-0.25, -0.2) is 8.42 Å². The first-order valence-corrected chi connectivity index (χ1v) is 8.36. The van der Waals surface area contributed by atoms with Crippen molar-refractivity contribution >= 4 is 33.0 Å². The van der Waals surface area contributed by atoms with Crippen LogP contribution in [0, 0.1) is 17.0 Å². The van der Waals surface area contributed by atoms with E-state index in [-0.39, 0.29) is 22.8 Å². The molecule has 0 saturated carbocycles. The number of carbonyl (C=O) groups excluding carboxylic acids is 1. The number of nitro benzene ring substituents is 1.